The third kappa shape index (κ3) is 3.58. The summed E-state index contributed by atoms with van der Waals surface area (Å²) in [5.74, 6) is 4.87. The van der Waals surface area contributed by atoms with Crippen LogP contribution in [0.1, 0.15) is 17.2 Å². The summed E-state index contributed by atoms with van der Waals surface area (Å²) in [6, 6.07) is 9.18. The first-order valence-electron chi connectivity index (χ1n) is 6.29. The molecule has 1 atom stereocenters. The van der Waals surface area contributed by atoms with E-state index < -0.39 is 11.9 Å². The molecule has 0 aliphatic heterocycles. The Kier molecular flexibility index (Phi) is 5.27. The monoisotopic (exact) mass is 356 g/mol. The van der Waals surface area contributed by atoms with Gasteiger partial charge in [0.25, 0.3) is 0 Å². The van der Waals surface area contributed by atoms with Crippen molar-refractivity contribution < 1.29 is 13.5 Å². The number of halogens is 3. The van der Waals surface area contributed by atoms with Crippen LogP contribution in [0.4, 0.5) is 8.78 Å². The summed E-state index contributed by atoms with van der Waals surface area (Å²) in [6.07, 6.45) is 0.278. The van der Waals surface area contributed by atoms with Crippen molar-refractivity contribution in [2.24, 2.45) is 5.84 Å². The van der Waals surface area contributed by atoms with E-state index in [0.717, 1.165) is 0 Å². The van der Waals surface area contributed by atoms with Gasteiger partial charge < -0.3 is 4.74 Å². The van der Waals surface area contributed by atoms with E-state index in [0.29, 0.717) is 15.6 Å². The van der Waals surface area contributed by atoms with Gasteiger partial charge in [-0.3, -0.25) is 11.3 Å². The average Bonchev–Trinajstić information content (AvgIpc) is 2.49. The molecule has 6 heteroatoms. The molecular formula is C15H15BrF2N2O. The van der Waals surface area contributed by atoms with Crippen LogP contribution in [0, 0.1) is 11.6 Å². The van der Waals surface area contributed by atoms with E-state index in [-0.39, 0.29) is 18.0 Å². The molecule has 2 aromatic rings. The minimum absolute atomic E-state index is 0.172. The normalized spacial score (nSPS) is 12.2. The summed E-state index contributed by atoms with van der Waals surface area (Å²) in [4.78, 5) is 0. The molecule has 0 saturated heterocycles. The second kappa shape index (κ2) is 6.98. The zero-order valence-corrected chi connectivity index (χ0v) is 13.0. The maximum atomic E-state index is 14.2. The Bertz CT molecular complexity index is 637. The molecule has 3 N–H and O–H groups in total. The minimum Gasteiger partial charge on any atom is -0.494 e. The van der Waals surface area contributed by atoms with Crippen LogP contribution in [-0.2, 0) is 6.42 Å². The van der Waals surface area contributed by atoms with Gasteiger partial charge in [0.05, 0.1) is 17.6 Å². The molecule has 0 bridgehead atoms. The van der Waals surface area contributed by atoms with Crippen LogP contribution >= 0.6 is 15.9 Å². The molecule has 1 unspecified atom stereocenters. The third-order valence-corrected chi connectivity index (χ3v) is 3.88. The molecule has 0 amide bonds. The summed E-state index contributed by atoms with van der Waals surface area (Å²) in [5.41, 5.74) is 3.67. The third-order valence-electron chi connectivity index (χ3n) is 3.23. The highest BCUT2D eigenvalue weighted by Crippen LogP contribution is 2.26. The van der Waals surface area contributed by atoms with Gasteiger partial charge in [-0.25, -0.2) is 8.78 Å². The molecule has 112 valence electrons. The first kappa shape index (κ1) is 15.9. The maximum absolute atomic E-state index is 14.2. The number of nitrogens with two attached hydrogens (primary N) is 1. The van der Waals surface area contributed by atoms with E-state index in [1.54, 1.807) is 30.3 Å². The average molecular weight is 357 g/mol. The number of ether oxygens (including phenoxy) is 1. The van der Waals surface area contributed by atoms with E-state index in [9.17, 15) is 8.78 Å². The fourth-order valence-corrected chi connectivity index (χ4v) is 2.34. The summed E-state index contributed by atoms with van der Waals surface area (Å²) in [5, 5.41) is 0. The van der Waals surface area contributed by atoms with Crippen molar-refractivity contribution in [3.63, 3.8) is 0 Å². The summed E-state index contributed by atoms with van der Waals surface area (Å²) in [6.45, 7) is 0. The molecule has 0 aliphatic rings. The van der Waals surface area contributed by atoms with Gasteiger partial charge in [-0.2, -0.15) is 0 Å². The summed E-state index contributed by atoms with van der Waals surface area (Å²) < 4.78 is 33.1. The predicted molar refractivity (Wildman–Crippen MR) is 80.8 cm³/mol. The molecule has 2 aromatic carbocycles. The van der Waals surface area contributed by atoms with Gasteiger partial charge in [-0.1, -0.05) is 18.2 Å². The second-order valence-electron chi connectivity index (χ2n) is 4.53. The first-order valence-corrected chi connectivity index (χ1v) is 7.08. The van der Waals surface area contributed by atoms with Gasteiger partial charge in [-0.05, 0) is 51.7 Å². The van der Waals surface area contributed by atoms with Crippen molar-refractivity contribution in [3.8, 4) is 5.75 Å². The van der Waals surface area contributed by atoms with Gasteiger partial charge >= 0.3 is 0 Å². The van der Waals surface area contributed by atoms with Crippen molar-refractivity contribution in [2.75, 3.05) is 7.11 Å². The molecule has 3 nitrogen and oxygen atoms in total. The fourth-order valence-electron chi connectivity index (χ4n) is 2.09. The lowest BCUT2D eigenvalue weighted by molar-refractivity contribution is 0.382. The molecule has 0 fully saturated rings. The van der Waals surface area contributed by atoms with Crippen LogP contribution in [0.3, 0.4) is 0 Å². The van der Waals surface area contributed by atoms with E-state index >= 15 is 0 Å². The highest BCUT2D eigenvalue weighted by Gasteiger charge is 2.16. The van der Waals surface area contributed by atoms with Crippen molar-refractivity contribution >= 4 is 15.9 Å². The second-order valence-corrected chi connectivity index (χ2v) is 5.38. The summed E-state index contributed by atoms with van der Waals surface area (Å²) >= 11 is 3.09. The smallest absolute Gasteiger partial charge is 0.168 e. The van der Waals surface area contributed by atoms with Crippen LogP contribution in [-0.4, -0.2) is 7.11 Å². The van der Waals surface area contributed by atoms with E-state index in [2.05, 4.69) is 21.4 Å². The molecule has 2 rings (SSSR count). The molecule has 0 saturated carbocycles. The lowest BCUT2D eigenvalue weighted by Gasteiger charge is -2.18. The van der Waals surface area contributed by atoms with Gasteiger partial charge in [0.15, 0.2) is 11.6 Å². The Hall–Kier alpha value is -1.50. The molecule has 21 heavy (non-hydrogen) atoms. The molecular weight excluding hydrogens is 342 g/mol. The molecule has 0 aromatic heterocycles. The Morgan fingerprint density at radius 1 is 1.29 bits per heavy atom. The first-order chi connectivity index (χ1) is 10.1. The van der Waals surface area contributed by atoms with Crippen molar-refractivity contribution in [2.45, 2.75) is 12.5 Å². The Morgan fingerprint density at radius 2 is 2.05 bits per heavy atom. The lowest BCUT2D eigenvalue weighted by atomic mass is 9.99. The van der Waals surface area contributed by atoms with E-state index in [4.69, 9.17) is 10.6 Å². The highest BCUT2D eigenvalue weighted by atomic mass is 79.9. The number of methoxy groups -OCH3 is 1. The van der Waals surface area contributed by atoms with Gasteiger partial charge in [0.1, 0.15) is 5.82 Å². The number of rotatable bonds is 5. The van der Waals surface area contributed by atoms with Crippen LogP contribution in [0.15, 0.2) is 40.9 Å². The number of hydrogen-bond acceptors (Lipinski definition) is 3. The lowest BCUT2D eigenvalue weighted by Crippen LogP contribution is -2.30. The van der Waals surface area contributed by atoms with E-state index in [1.165, 1.54) is 13.2 Å². The van der Waals surface area contributed by atoms with Gasteiger partial charge in [0, 0.05) is 0 Å². The van der Waals surface area contributed by atoms with Crippen LogP contribution < -0.4 is 16.0 Å². The van der Waals surface area contributed by atoms with Crippen LogP contribution in [0.5, 0.6) is 5.75 Å². The number of hydrogen-bond donors (Lipinski definition) is 2. The van der Waals surface area contributed by atoms with Crippen molar-refractivity contribution in [3.05, 3.63) is 63.6 Å². The fraction of sp³-hybridized carbons (Fsp3) is 0.200. The van der Waals surface area contributed by atoms with Crippen LogP contribution in [0.25, 0.3) is 0 Å². The molecule has 0 aliphatic carbocycles. The SMILES string of the molecule is COc1cccc(CC(NN)c2ccc(Br)c(F)c2)c1F. The summed E-state index contributed by atoms with van der Waals surface area (Å²) in [7, 11) is 1.41. The van der Waals surface area contributed by atoms with Gasteiger partial charge in [-0.15, -0.1) is 0 Å². The minimum atomic E-state index is -0.433. The Labute approximate surface area is 130 Å². The molecule has 0 radical (unpaired) electrons. The quantitative estimate of drug-likeness (QED) is 0.636. The highest BCUT2D eigenvalue weighted by molar-refractivity contribution is 9.10. The largest absolute Gasteiger partial charge is 0.494 e. The maximum Gasteiger partial charge on any atom is 0.168 e. The number of benzene rings is 2. The zero-order valence-electron chi connectivity index (χ0n) is 11.4. The van der Waals surface area contributed by atoms with Crippen molar-refractivity contribution in [1.82, 2.24) is 5.43 Å². The zero-order chi connectivity index (χ0) is 15.4. The van der Waals surface area contributed by atoms with Crippen LogP contribution in [0.2, 0.25) is 0 Å². The molecule has 0 spiro atoms. The predicted octanol–water partition coefficient (Wildman–Crippen LogP) is 3.48. The van der Waals surface area contributed by atoms with Gasteiger partial charge in [0.2, 0.25) is 0 Å². The number of hydrazine groups is 1. The van der Waals surface area contributed by atoms with Crippen molar-refractivity contribution in [1.29, 1.82) is 0 Å². The topological polar surface area (TPSA) is 47.3 Å². The Balaban J connectivity index is 2.29. The number of nitrogens with one attached hydrogen (secondary N) is 1. The standard InChI is InChI=1S/C15H15BrF2N2O/c1-21-14-4-2-3-10(15(14)18)8-13(20-19)9-5-6-11(16)12(17)7-9/h2-7,13,20H,8,19H2,1H3. The van der Waals surface area contributed by atoms with E-state index in [1.807, 2.05) is 0 Å². The Morgan fingerprint density at radius 3 is 2.67 bits per heavy atom. The molecule has 0 heterocycles.